The molecule has 0 radical (unpaired) electrons. The van der Waals surface area contributed by atoms with Crippen LogP contribution in [0.4, 0.5) is 4.39 Å². The number of halogens is 1. The minimum atomic E-state index is -0.407. The second-order valence-corrected chi connectivity index (χ2v) is 8.46. The number of rotatable bonds is 7. The van der Waals surface area contributed by atoms with Gasteiger partial charge in [-0.1, -0.05) is 30.1 Å². The molecule has 3 aliphatic rings. The molecule has 2 N–H and O–H groups in total. The number of hydrogen-bond donors (Lipinski definition) is 2. The molecule has 1 aromatic heterocycles. The lowest BCUT2D eigenvalue weighted by atomic mass is 9.75. The lowest BCUT2D eigenvalue weighted by Crippen LogP contribution is -2.36. The number of aliphatic imine (C=N–C) groups is 2. The van der Waals surface area contributed by atoms with Crippen molar-refractivity contribution in [1.82, 2.24) is 25.6 Å². The number of aromatic nitrogens is 3. The van der Waals surface area contributed by atoms with E-state index in [4.69, 9.17) is 0 Å². The fraction of sp³-hybridized carbons (Fsp3) is 0.417. The molecule has 0 amide bonds. The van der Waals surface area contributed by atoms with Crippen molar-refractivity contribution in [2.24, 2.45) is 15.4 Å². The summed E-state index contributed by atoms with van der Waals surface area (Å²) < 4.78 is 15.7. The van der Waals surface area contributed by atoms with Crippen molar-refractivity contribution in [1.29, 1.82) is 0 Å². The minimum Gasteiger partial charge on any atom is -0.375 e. The van der Waals surface area contributed by atoms with Crippen LogP contribution in [-0.4, -0.2) is 47.7 Å². The third kappa shape index (κ3) is 4.42. The van der Waals surface area contributed by atoms with Crippen molar-refractivity contribution in [3.8, 4) is 11.8 Å². The topological polar surface area (TPSA) is 79.5 Å². The van der Waals surface area contributed by atoms with Crippen molar-refractivity contribution in [3.05, 3.63) is 59.4 Å². The fourth-order valence-electron chi connectivity index (χ4n) is 4.00. The normalized spacial score (nSPS) is 26.1. The molecule has 0 bridgehead atoms. The molecule has 0 aromatic carbocycles. The van der Waals surface area contributed by atoms with Gasteiger partial charge in [0.25, 0.3) is 0 Å². The average molecular weight is 434 g/mol. The Morgan fingerprint density at radius 3 is 2.88 bits per heavy atom. The molecule has 166 valence electrons. The first-order valence-corrected chi connectivity index (χ1v) is 10.7. The van der Waals surface area contributed by atoms with Gasteiger partial charge in [0.15, 0.2) is 0 Å². The van der Waals surface area contributed by atoms with Gasteiger partial charge in [-0.25, -0.2) is 9.07 Å². The van der Waals surface area contributed by atoms with Gasteiger partial charge in [-0.2, -0.15) is 0 Å². The fourth-order valence-corrected chi connectivity index (χ4v) is 4.00. The molecule has 1 aromatic rings. The lowest BCUT2D eigenvalue weighted by molar-refractivity contribution is 0.296. The molecule has 3 atom stereocenters. The van der Waals surface area contributed by atoms with Crippen LogP contribution in [-0.2, 0) is 0 Å². The average Bonchev–Trinajstić information content (AvgIpc) is 3.57. The van der Waals surface area contributed by atoms with E-state index in [1.807, 2.05) is 36.2 Å². The van der Waals surface area contributed by atoms with E-state index in [-0.39, 0.29) is 11.9 Å². The molecule has 3 aliphatic carbocycles. The summed E-state index contributed by atoms with van der Waals surface area (Å²) in [6, 6.07) is -0.212. The van der Waals surface area contributed by atoms with Gasteiger partial charge in [0.05, 0.1) is 18.3 Å². The van der Waals surface area contributed by atoms with Crippen LogP contribution in [0.5, 0.6) is 0 Å². The second-order valence-electron chi connectivity index (χ2n) is 8.46. The van der Waals surface area contributed by atoms with E-state index in [9.17, 15) is 4.39 Å². The lowest BCUT2D eigenvalue weighted by Gasteiger charge is -2.36. The molecule has 2 unspecified atom stereocenters. The molecule has 0 aliphatic heterocycles. The van der Waals surface area contributed by atoms with Crippen LogP contribution in [0.3, 0.4) is 0 Å². The van der Waals surface area contributed by atoms with Crippen molar-refractivity contribution >= 4 is 12.6 Å². The molecular weight excluding hydrogens is 405 g/mol. The Kier molecular flexibility index (Phi) is 6.08. The maximum atomic E-state index is 13.8. The van der Waals surface area contributed by atoms with Crippen molar-refractivity contribution < 1.29 is 4.39 Å². The zero-order valence-electron chi connectivity index (χ0n) is 18.6. The van der Waals surface area contributed by atoms with E-state index in [1.54, 1.807) is 13.1 Å². The quantitative estimate of drug-likeness (QED) is 0.393. The third-order valence-electron chi connectivity index (χ3n) is 6.05. The maximum Gasteiger partial charge on any atom is 0.138 e. The summed E-state index contributed by atoms with van der Waals surface area (Å²) in [7, 11) is 3.53. The minimum absolute atomic E-state index is 0.220. The van der Waals surface area contributed by atoms with E-state index in [1.165, 1.54) is 6.08 Å². The molecule has 1 heterocycles. The first kappa shape index (κ1) is 21.8. The summed E-state index contributed by atoms with van der Waals surface area (Å²) in [6.07, 6.45) is 13.6. The Hall–Kier alpha value is -3.47. The van der Waals surface area contributed by atoms with E-state index in [0.29, 0.717) is 18.3 Å². The van der Waals surface area contributed by atoms with Gasteiger partial charge in [-0.05, 0) is 44.2 Å². The predicted molar refractivity (Wildman–Crippen MR) is 125 cm³/mol. The van der Waals surface area contributed by atoms with Crippen LogP contribution in [0.15, 0.2) is 63.7 Å². The van der Waals surface area contributed by atoms with Crippen molar-refractivity contribution in [2.45, 2.75) is 44.3 Å². The first-order chi connectivity index (χ1) is 15.5. The molecule has 4 rings (SSSR count). The molecule has 8 heteroatoms. The van der Waals surface area contributed by atoms with E-state index < -0.39 is 11.5 Å². The summed E-state index contributed by atoms with van der Waals surface area (Å²) in [5.41, 5.74) is 2.02. The molecule has 1 saturated carbocycles. The number of nitrogens with one attached hydrogen (secondary N) is 2. The Morgan fingerprint density at radius 2 is 2.25 bits per heavy atom. The smallest absolute Gasteiger partial charge is 0.138 e. The zero-order chi connectivity index (χ0) is 22.7. The van der Waals surface area contributed by atoms with Crippen LogP contribution in [0, 0.1) is 17.3 Å². The Morgan fingerprint density at radius 1 is 1.44 bits per heavy atom. The summed E-state index contributed by atoms with van der Waals surface area (Å²) in [4.78, 5) is 8.48. The molecule has 1 fully saturated rings. The molecule has 7 nitrogen and oxygen atoms in total. The third-order valence-corrected chi connectivity index (χ3v) is 6.05. The molecule has 32 heavy (non-hydrogen) atoms. The number of likely N-dealkylation sites (N-methyl/N-ethyl adjacent to an activating group) is 1. The summed E-state index contributed by atoms with van der Waals surface area (Å²) in [5.74, 6) is 6.65. The van der Waals surface area contributed by atoms with Crippen molar-refractivity contribution in [2.75, 3.05) is 14.1 Å². The second kappa shape index (κ2) is 8.95. The van der Waals surface area contributed by atoms with Gasteiger partial charge in [0.1, 0.15) is 23.4 Å². The van der Waals surface area contributed by atoms with E-state index in [2.05, 4.69) is 56.4 Å². The van der Waals surface area contributed by atoms with Gasteiger partial charge >= 0.3 is 0 Å². The summed E-state index contributed by atoms with van der Waals surface area (Å²) >= 11 is 0. The number of amidine groups is 1. The zero-order valence-corrected chi connectivity index (χ0v) is 18.6. The number of nitrogens with zero attached hydrogens (tertiary/aromatic N) is 5. The predicted octanol–water partition coefficient (Wildman–Crippen LogP) is 3.21. The molecular formula is C24H28FN7. The largest absolute Gasteiger partial charge is 0.375 e. The highest BCUT2D eigenvalue weighted by atomic mass is 19.1. The van der Waals surface area contributed by atoms with Gasteiger partial charge in [-0.15, -0.1) is 5.10 Å². The Bertz CT molecular complexity index is 1110. The number of hydrogen-bond acceptors (Lipinski definition) is 5. The first-order valence-electron chi connectivity index (χ1n) is 10.7. The summed E-state index contributed by atoms with van der Waals surface area (Å²) in [6.45, 7) is 5.78. The van der Waals surface area contributed by atoms with E-state index in [0.717, 1.165) is 29.8 Å². The summed E-state index contributed by atoms with van der Waals surface area (Å²) in [5, 5.41) is 15.5. The van der Waals surface area contributed by atoms with Gasteiger partial charge in [-0.3, -0.25) is 9.98 Å². The Labute approximate surface area is 188 Å². The molecule has 0 saturated heterocycles. The van der Waals surface area contributed by atoms with Crippen LogP contribution >= 0.6 is 0 Å². The number of allylic oxidation sites excluding steroid dienone is 5. The van der Waals surface area contributed by atoms with Crippen LogP contribution < -0.4 is 10.6 Å². The van der Waals surface area contributed by atoms with Crippen molar-refractivity contribution in [3.63, 3.8) is 0 Å². The Balaban J connectivity index is 1.71. The highest BCUT2D eigenvalue weighted by molar-refractivity contribution is 6.00. The maximum absolute atomic E-state index is 13.8. The van der Waals surface area contributed by atoms with Crippen LogP contribution in [0.25, 0.3) is 0 Å². The monoisotopic (exact) mass is 433 g/mol. The van der Waals surface area contributed by atoms with Crippen LogP contribution in [0.2, 0.25) is 0 Å². The highest BCUT2D eigenvalue weighted by Crippen LogP contribution is 2.42. The standard InChI is InChI=1S/C24H28FN7/c1-24(12-10-16(25)11-13-24)22(21-15-32(31-30-21)18-8-9-18)29-17-6-5-7-20(26-2)19(14-17)23(27-3)28-4/h6,10-12,14-15,18,20,22,29H,2,8-9,13H2,1,3-4H3,(H,27,28)/t20?,22-,24?/m1/s1. The van der Waals surface area contributed by atoms with Gasteiger partial charge in [0, 0.05) is 36.9 Å². The van der Waals surface area contributed by atoms with Crippen LogP contribution in [0.1, 0.15) is 44.0 Å². The van der Waals surface area contributed by atoms with E-state index >= 15 is 0 Å². The van der Waals surface area contributed by atoms with Gasteiger partial charge < -0.3 is 10.6 Å². The highest BCUT2D eigenvalue weighted by Gasteiger charge is 2.37. The van der Waals surface area contributed by atoms with Gasteiger partial charge in [0.2, 0.25) is 0 Å². The molecule has 0 spiro atoms. The SMILES string of the molecule is C=NC1C#CC=C(N[C@H](c2cn(C3CC3)nn2)C2(C)C=CC(F)=CC2)C=C1/C(=N\C)NC.